The van der Waals surface area contributed by atoms with Crippen LogP contribution in [0, 0.1) is 5.82 Å². The molecule has 174 valence electrons. The third-order valence-corrected chi connectivity index (χ3v) is 6.98. The van der Waals surface area contributed by atoms with Crippen LogP contribution in [0.1, 0.15) is 36.2 Å². The zero-order valence-electron chi connectivity index (χ0n) is 18.4. The van der Waals surface area contributed by atoms with Gasteiger partial charge in [0, 0.05) is 36.7 Å². The number of hydrogen-bond donors (Lipinski definition) is 1. The lowest BCUT2D eigenvalue weighted by molar-refractivity contribution is -0.136. The lowest BCUT2D eigenvalue weighted by Crippen LogP contribution is -2.48. The number of hydrogen-bond acceptors (Lipinski definition) is 6. The molecule has 0 spiro atoms. The van der Waals surface area contributed by atoms with E-state index in [1.807, 2.05) is 11.8 Å². The fraction of sp³-hybridized carbons (Fsp3) is 0.542. The largest absolute Gasteiger partial charge is 0.491 e. The van der Waals surface area contributed by atoms with E-state index in [4.69, 9.17) is 9.47 Å². The second kappa shape index (κ2) is 10.7. The molecule has 2 aromatic rings. The molecular formula is C24H31FN2O4S. The quantitative estimate of drug-likeness (QED) is 0.556. The number of halogens is 1. The first-order valence-corrected chi connectivity index (χ1v) is 12.2. The van der Waals surface area contributed by atoms with E-state index in [1.165, 1.54) is 17.0 Å². The summed E-state index contributed by atoms with van der Waals surface area (Å²) in [4.78, 5) is 18.6. The summed E-state index contributed by atoms with van der Waals surface area (Å²) < 4.78 is 24.8. The zero-order valence-corrected chi connectivity index (χ0v) is 19.2. The Morgan fingerprint density at radius 3 is 2.97 bits per heavy atom. The van der Waals surface area contributed by atoms with Gasteiger partial charge in [0.05, 0.1) is 25.3 Å². The second-order valence-electron chi connectivity index (χ2n) is 8.39. The molecule has 1 aromatic carbocycles. The summed E-state index contributed by atoms with van der Waals surface area (Å²) in [5, 5.41) is 12.3. The van der Waals surface area contributed by atoms with Gasteiger partial charge in [-0.25, -0.2) is 4.39 Å². The number of thiophene rings is 1. The van der Waals surface area contributed by atoms with Gasteiger partial charge >= 0.3 is 0 Å². The van der Waals surface area contributed by atoms with Crippen LogP contribution in [0.5, 0.6) is 5.75 Å². The molecule has 8 heteroatoms. The molecule has 2 heterocycles. The van der Waals surface area contributed by atoms with Gasteiger partial charge in [-0.15, -0.1) is 11.3 Å². The smallest absolute Gasteiger partial charge is 0.237 e. The molecule has 0 bridgehead atoms. The summed E-state index contributed by atoms with van der Waals surface area (Å²) in [6.45, 7) is 4.33. The Balaban J connectivity index is 1.44. The van der Waals surface area contributed by atoms with E-state index < -0.39 is 6.10 Å². The number of benzene rings is 1. The zero-order chi connectivity index (χ0) is 22.5. The monoisotopic (exact) mass is 462 g/mol. The molecule has 1 aromatic heterocycles. The van der Waals surface area contributed by atoms with Gasteiger partial charge in [0.1, 0.15) is 18.2 Å². The number of fused-ring (bicyclic) bond motifs is 1. The van der Waals surface area contributed by atoms with Crippen LogP contribution in [0.2, 0.25) is 0 Å². The molecule has 1 N–H and O–H groups in total. The number of aliphatic hydroxyl groups excluding tert-OH is 1. The van der Waals surface area contributed by atoms with Gasteiger partial charge in [-0.2, -0.15) is 0 Å². The van der Waals surface area contributed by atoms with Gasteiger partial charge in [-0.1, -0.05) is 6.07 Å². The molecule has 4 rings (SSSR count). The van der Waals surface area contributed by atoms with E-state index >= 15 is 0 Å². The SMILES string of the molecule is CCOC[C@H](O)CN(CC(=O)N1CCc2sccc2[C@@H]1COc1cccc(F)c1)C1CC1. The van der Waals surface area contributed by atoms with Crippen molar-refractivity contribution in [3.8, 4) is 5.75 Å². The van der Waals surface area contributed by atoms with Crippen molar-refractivity contribution in [1.29, 1.82) is 0 Å². The topological polar surface area (TPSA) is 62.2 Å². The summed E-state index contributed by atoms with van der Waals surface area (Å²) in [6.07, 6.45) is 2.32. The predicted octanol–water partition coefficient (Wildman–Crippen LogP) is 3.25. The standard InChI is InChI=1S/C24H31FN2O4S/c1-2-30-15-19(28)13-26(18-6-7-18)14-24(29)27-10-8-23-21(9-11-32-23)22(27)16-31-20-5-3-4-17(25)12-20/h3-5,9,11-12,18-19,22,28H,2,6-8,10,13-16H2,1H3/t19-,22+/m1/s1. The average molecular weight is 463 g/mol. The highest BCUT2D eigenvalue weighted by Gasteiger charge is 2.36. The molecule has 32 heavy (non-hydrogen) atoms. The maximum absolute atomic E-state index is 13.6. The Morgan fingerprint density at radius 2 is 2.22 bits per heavy atom. The van der Waals surface area contributed by atoms with Crippen LogP contribution in [0.4, 0.5) is 4.39 Å². The lowest BCUT2D eigenvalue weighted by Gasteiger charge is -2.37. The van der Waals surface area contributed by atoms with Crippen molar-refractivity contribution in [2.75, 3.05) is 39.5 Å². The number of amides is 1. The molecule has 0 saturated heterocycles. The Kier molecular flexibility index (Phi) is 7.78. The van der Waals surface area contributed by atoms with Crippen LogP contribution < -0.4 is 4.74 Å². The van der Waals surface area contributed by atoms with Gasteiger partial charge in [-0.3, -0.25) is 9.69 Å². The van der Waals surface area contributed by atoms with Crippen molar-refractivity contribution >= 4 is 17.2 Å². The first-order valence-electron chi connectivity index (χ1n) is 11.3. The number of carbonyl (C=O) groups is 1. The number of rotatable bonds is 11. The van der Waals surface area contributed by atoms with Crippen LogP contribution in [0.3, 0.4) is 0 Å². The van der Waals surface area contributed by atoms with Gasteiger partial charge in [0.2, 0.25) is 5.91 Å². The van der Waals surface area contributed by atoms with E-state index in [-0.39, 0.29) is 37.5 Å². The minimum atomic E-state index is -0.611. The third-order valence-electron chi connectivity index (χ3n) is 5.98. The molecule has 1 fully saturated rings. The van der Waals surface area contributed by atoms with Crippen molar-refractivity contribution < 1.29 is 23.8 Å². The van der Waals surface area contributed by atoms with Crippen molar-refractivity contribution in [3.05, 3.63) is 52.0 Å². The van der Waals surface area contributed by atoms with E-state index in [1.54, 1.807) is 23.5 Å². The summed E-state index contributed by atoms with van der Waals surface area (Å²) >= 11 is 1.70. The maximum atomic E-state index is 13.6. The van der Waals surface area contributed by atoms with Crippen molar-refractivity contribution in [2.45, 2.75) is 44.4 Å². The molecule has 1 aliphatic carbocycles. The first kappa shape index (κ1) is 23.2. The third kappa shape index (κ3) is 5.86. The van der Waals surface area contributed by atoms with Gasteiger partial charge in [0.25, 0.3) is 0 Å². The molecular weight excluding hydrogens is 431 g/mol. The van der Waals surface area contributed by atoms with Crippen molar-refractivity contribution in [2.24, 2.45) is 0 Å². The Morgan fingerprint density at radius 1 is 1.38 bits per heavy atom. The summed E-state index contributed by atoms with van der Waals surface area (Å²) in [6, 6.07) is 8.27. The minimum absolute atomic E-state index is 0.0326. The number of aliphatic hydroxyl groups is 1. The van der Waals surface area contributed by atoms with Gasteiger partial charge < -0.3 is 19.5 Å². The summed E-state index contributed by atoms with van der Waals surface area (Å²) in [7, 11) is 0. The first-order chi connectivity index (χ1) is 15.5. The maximum Gasteiger partial charge on any atom is 0.237 e. The highest BCUT2D eigenvalue weighted by molar-refractivity contribution is 7.10. The Bertz CT molecular complexity index is 904. The normalized spacial score (nSPS) is 19.1. The predicted molar refractivity (Wildman–Crippen MR) is 121 cm³/mol. The van der Waals surface area contributed by atoms with Gasteiger partial charge in [-0.05, 0) is 55.3 Å². The second-order valence-corrected chi connectivity index (χ2v) is 9.40. The fourth-order valence-electron chi connectivity index (χ4n) is 4.23. The molecule has 0 unspecified atom stereocenters. The molecule has 2 aliphatic rings. The average Bonchev–Trinajstić information content (AvgIpc) is 3.52. The highest BCUT2D eigenvalue weighted by Crippen LogP contribution is 2.34. The molecule has 6 nitrogen and oxygen atoms in total. The molecule has 1 amide bonds. The molecule has 2 atom stereocenters. The molecule has 1 aliphatic heterocycles. The van der Waals surface area contributed by atoms with E-state index in [9.17, 15) is 14.3 Å². The fourth-order valence-corrected chi connectivity index (χ4v) is 5.16. The van der Waals surface area contributed by atoms with Crippen LogP contribution in [-0.2, 0) is 16.0 Å². The van der Waals surface area contributed by atoms with Crippen LogP contribution in [-0.4, -0.2) is 72.4 Å². The molecule has 1 saturated carbocycles. The molecule has 0 radical (unpaired) electrons. The summed E-state index contributed by atoms with van der Waals surface area (Å²) in [5.74, 6) is 0.143. The van der Waals surface area contributed by atoms with E-state index in [0.717, 1.165) is 24.8 Å². The lowest BCUT2D eigenvalue weighted by atomic mass is 10.0. The summed E-state index contributed by atoms with van der Waals surface area (Å²) in [5.41, 5.74) is 1.11. The highest BCUT2D eigenvalue weighted by atomic mass is 32.1. The van der Waals surface area contributed by atoms with Crippen molar-refractivity contribution in [1.82, 2.24) is 9.80 Å². The number of ether oxygens (including phenoxy) is 2. The van der Waals surface area contributed by atoms with E-state index in [2.05, 4.69) is 16.3 Å². The Labute approximate surface area is 192 Å². The van der Waals surface area contributed by atoms with Crippen LogP contribution in [0.15, 0.2) is 35.7 Å². The van der Waals surface area contributed by atoms with E-state index in [0.29, 0.717) is 31.5 Å². The number of carbonyl (C=O) groups excluding carboxylic acids is 1. The van der Waals surface area contributed by atoms with Crippen LogP contribution in [0.25, 0.3) is 0 Å². The minimum Gasteiger partial charge on any atom is -0.491 e. The Hall–Kier alpha value is -2.00. The van der Waals surface area contributed by atoms with Crippen LogP contribution >= 0.6 is 11.3 Å². The van der Waals surface area contributed by atoms with Crippen molar-refractivity contribution in [3.63, 3.8) is 0 Å². The number of nitrogens with zero attached hydrogens (tertiary/aromatic N) is 2. The van der Waals surface area contributed by atoms with Gasteiger partial charge in [0.15, 0.2) is 0 Å².